The molecule has 2 rings (SSSR count). The van der Waals surface area contributed by atoms with Gasteiger partial charge in [0.15, 0.2) is 0 Å². The molecule has 2 heterocycles. The SMILES string of the molecule is CCCC(C)(CO)NC(=O)NCc1ccnc(N2CCCC2)c1. The average molecular weight is 320 g/mol. The van der Waals surface area contributed by atoms with E-state index < -0.39 is 5.54 Å². The highest BCUT2D eigenvalue weighted by Crippen LogP contribution is 2.18. The van der Waals surface area contributed by atoms with E-state index in [1.807, 2.05) is 26.0 Å². The topological polar surface area (TPSA) is 77.5 Å². The van der Waals surface area contributed by atoms with Crippen LogP contribution in [0, 0.1) is 0 Å². The number of aromatic nitrogens is 1. The average Bonchev–Trinajstić information content (AvgIpc) is 3.08. The molecule has 1 atom stereocenters. The molecule has 128 valence electrons. The summed E-state index contributed by atoms with van der Waals surface area (Å²) in [7, 11) is 0. The molecule has 0 spiro atoms. The number of urea groups is 1. The smallest absolute Gasteiger partial charge is 0.315 e. The maximum Gasteiger partial charge on any atom is 0.315 e. The minimum absolute atomic E-state index is 0.0668. The quantitative estimate of drug-likeness (QED) is 0.718. The van der Waals surface area contributed by atoms with E-state index in [4.69, 9.17) is 0 Å². The second kappa shape index (κ2) is 8.15. The fourth-order valence-corrected chi connectivity index (χ4v) is 2.92. The summed E-state index contributed by atoms with van der Waals surface area (Å²) in [5, 5.41) is 15.2. The van der Waals surface area contributed by atoms with Gasteiger partial charge in [-0.05, 0) is 43.9 Å². The van der Waals surface area contributed by atoms with Crippen molar-refractivity contribution in [2.24, 2.45) is 0 Å². The van der Waals surface area contributed by atoms with Gasteiger partial charge in [-0.25, -0.2) is 9.78 Å². The van der Waals surface area contributed by atoms with E-state index in [1.54, 1.807) is 6.20 Å². The van der Waals surface area contributed by atoms with Crippen LogP contribution in [0.25, 0.3) is 0 Å². The van der Waals surface area contributed by atoms with Gasteiger partial charge in [0.25, 0.3) is 0 Å². The molecule has 0 aromatic carbocycles. The van der Waals surface area contributed by atoms with Gasteiger partial charge >= 0.3 is 6.03 Å². The number of aliphatic hydroxyl groups excluding tert-OH is 1. The third-order valence-corrected chi connectivity index (χ3v) is 4.26. The van der Waals surface area contributed by atoms with Gasteiger partial charge in [-0.3, -0.25) is 0 Å². The highest BCUT2D eigenvalue weighted by molar-refractivity contribution is 5.74. The van der Waals surface area contributed by atoms with E-state index in [2.05, 4.69) is 20.5 Å². The molecular formula is C17H28N4O2. The lowest BCUT2D eigenvalue weighted by Crippen LogP contribution is -2.52. The van der Waals surface area contributed by atoms with Gasteiger partial charge in [-0.1, -0.05) is 13.3 Å². The summed E-state index contributed by atoms with van der Waals surface area (Å²) >= 11 is 0. The van der Waals surface area contributed by atoms with Crippen molar-refractivity contribution < 1.29 is 9.90 Å². The van der Waals surface area contributed by atoms with Crippen LogP contribution in [-0.2, 0) is 6.54 Å². The van der Waals surface area contributed by atoms with Gasteiger partial charge in [0.05, 0.1) is 12.1 Å². The Kier molecular flexibility index (Phi) is 6.21. The van der Waals surface area contributed by atoms with E-state index in [1.165, 1.54) is 12.8 Å². The summed E-state index contributed by atoms with van der Waals surface area (Å²) in [4.78, 5) is 18.7. The molecule has 1 unspecified atom stereocenters. The van der Waals surface area contributed by atoms with Crippen molar-refractivity contribution in [1.29, 1.82) is 0 Å². The molecule has 1 aliphatic rings. The first-order valence-corrected chi connectivity index (χ1v) is 8.43. The van der Waals surface area contributed by atoms with Crippen LogP contribution in [-0.4, -0.2) is 41.4 Å². The monoisotopic (exact) mass is 320 g/mol. The zero-order chi connectivity index (χ0) is 16.7. The number of anilines is 1. The molecule has 1 aromatic heterocycles. The van der Waals surface area contributed by atoms with E-state index in [0.717, 1.165) is 37.3 Å². The first kappa shape index (κ1) is 17.5. The molecular weight excluding hydrogens is 292 g/mol. The summed E-state index contributed by atoms with van der Waals surface area (Å²) in [6.45, 7) is 6.37. The van der Waals surface area contributed by atoms with Crippen molar-refractivity contribution in [3.8, 4) is 0 Å². The number of hydrogen-bond donors (Lipinski definition) is 3. The number of carbonyl (C=O) groups excluding carboxylic acids is 1. The van der Waals surface area contributed by atoms with E-state index in [9.17, 15) is 9.90 Å². The van der Waals surface area contributed by atoms with Crippen LogP contribution in [0.1, 0.15) is 45.1 Å². The van der Waals surface area contributed by atoms with Crippen LogP contribution < -0.4 is 15.5 Å². The Morgan fingerprint density at radius 3 is 2.83 bits per heavy atom. The number of nitrogens with zero attached hydrogens (tertiary/aromatic N) is 2. The highest BCUT2D eigenvalue weighted by Gasteiger charge is 2.24. The third kappa shape index (κ3) is 5.10. The van der Waals surface area contributed by atoms with E-state index in [0.29, 0.717) is 6.54 Å². The number of aliphatic hydroxyl groups is 1. The Hall–Kier alpha value is -1.82. The lowest BCUT2D eigenvalue weighted by atomic mass is 9.98. The summed E-state index contributed by atoms with van der Waals surface area (Å²) < 4.78 is 0. The van der Waals surface area contributed by atoms with Crippen molar-refractivity contribution in [2.45, 2.75) is 51.6 Å². The molecule has 6 nitrogen and oxygen atoms in total. The lowest BCUT2D eigenvalue weighted by Gasteiger charge is -2.28. The van der Waals surface area contributed by atoms with Crippen LogP contribution in [0.4, 0.5) is 10.6 Å². The molecule has 6 heteroatoms. The van der Waals surface area contributed by atoms with Gasteiger partial charge in [0.2, 0.25) is 0 Å². The van der Waals surface area contributed by atoms with E-state index in [-0.39, 0.29) is 12.6 Å². The fraction of sp³-hybridized carbons (Fsp3) is 0.647. The molecule has 23 heavy (non-hydrogen) atoms. The summed E-state index contributed by atoms with van der Waals surface area (Å²) in [6, 6.07) is 3.69. The molecule has 1 saturated heterocycles. The summed E-state index contributed by atoms with van der Waals surface area (Å²) in [5.74, 6) is 0.980. The number of amides is 2. The van der Waals surface area contributed by atoms with Crippen LogP contribution >= 0.6 is 0 Å². The molecule has 3 N–H and O–H groups in total. The zero-order valence-corrected chi connectivity index (χ0v) is 14.1. The molecule has 2 amide bonds. The number of carbonyl (C=O) groups is 1. The Bertz CT molecular complexity index is 517. The Labute approximate surface area is 138 Å². The molecule has 0 saturated carbocycles. The van der Waals surface area contributed by atoms with Gasteiger partial charge < -0.3 is 20.6 Å². The molecule has 0 radical (unpaired) electrons. The maximum atomic E-state index is 12.0. The van der Waals surface area contributed by atoms with Gasteiger partial charge in [-0.15, -0.1) is 0 Å². The summed E-state index contributed by atoms with van der Waals surface area (Å²) in [5.41, 5.74) is 0.455. The lowest BCUT2D eigenvalue weighted by molar-refractivity contribution is 0.163. The standard InChI is InChI=1S/C17H28N4O2/c1-3-7-17(2,13-22)20-16(23)19-12-14-6-8-18-15(11-14)21-9-4-5-10-21/h6,8,11,22H,3-5,7,9-10,12-13H2,1-2H3,(H2,19,20,23). The number of pyridine rings is 1. The van der Waals surface area contributed by atoms with Gasteiger partial charge in [-0.2, -0.15) is 0 Å². The second-order valence-electron chi connectivity index (χ2n) is 6.49. The third-order valence-electron chi connectivity index (χ3n) is 4.26. The van der Waals surface area contributed by atoms with Gasteiger partial charge in [0.1, 0.15) is 5.82 Å². The fourth-order valence-electron chi connectivity index (χ4n) is 2.92. The molecule has 1 aromatic rings. The minimum atomic E-state index is -0.572. The van der Waals surface area contributed by atoms with Crippen molar-refractivity contribution in [2.75, 3.05) is 24.6 Å². The Balaban J connectivity index is 1.87. The molecule has 1 fully saturated rings. The predicted molar refractivity (Wildman–Crippen MR) is 91.5 cm³/mol. The van der Waals surface area contributed by atoms with Gasteiger partial charge in [0, 0.05) is 25.8 Å². The first-order chi connectivity index (χ1) is 11.1. The normalized spacial score (nSPS) is 16.9. The number of rotatable bonds is 7. The second-order valence-corrected chi connectivity index (χ2v) is 6.49. The van der Waals surface area contributed by atoms with Crippen LogP contribution in [0.3, 0.4) is 0 Å². The summed E-state index contributed by atoms with van der Waals surface area (Å²) in [6.07, 6.45) is 5.86. The zero-order valence-electron chi connectivity index (χ0n) is 14.1. The van der Waals surface area contributed by atoms with Crippen LogP contribution in [0.2, 0.25) is 0 Å². The van der Waals surface area contributed by atoms with Crippen molar-refractivity contribution in [1.82, 2.24) is 15.6 Å². The highest BCUT2D eigenvalue weighted by atomic mass is 16.3. The molecule has 0 bridgehead atoms. The minimum Gasteiger partial charge on any atom is -0.394 e. The van der Waals surface area contributed by atoms with Crippen LogP contribution in [0.15, 0.2) is 18.3 Å². The Morgan fingerprint density at radius 2 is 2.17 bits per heavy atom. The largest absolute Gasteiger partial charge is 0.394 e. The van der Waals surface area contributed by atoms with Crippen molar-refractivity contribution in [3.05, 3.63) is 23.9 Å². The van der Waals surface area contributed by atoms with Crippen molar-refractivity contribution >= 4 is 11.8 Å². The molecule has 0 aliphatic carbocycles. The number of nitrogens with one attached hydrogen (secondary N) is 2. The van der Waals surface area contributed by atoms with Crippen molar-refractivity contribution in [3.63, 3.8) is 0 Å². The number of hydrogen-bond acceptors (Lipinski definition) is 4. The van der Waals surface area contributed by atoms with E-state index >= 15 is 0 Å². The van der Waals surface area contributed by atoms with Crippen LogP contribution in [0.5, 0.6) is 0 Å². The first-order valence-electron chi connectivity index (χ1n) is 8.43. The Morgan fingerprint density at radius 1 is 1.43 bits per heavy atom. The molecule has 1 aliphatic heterocycles. The predicted octanol–water partition coefficient (Wildman–Crippen LogP) is 2.03. The maximum absolute atomic E-state index is 12.0.